The van der Waals surface area contributed by atoms with E-state index < -0.39 is 5.25 Å². The van der Waals surface area contributed by atoms with Crippen molar-refractivity contribution >= 4 is 23.4 Å². The van der Waals surface area contributed by atoms with Gasteiger partial charge in [0.1, 0.15) is 5.25 Å². The number of rotatable bonds is 5. The van der Waals surface area contributed by atoms with E-state index in [1.165, 1.54) is 22.9 Å². The lowest BCUT2D eigenvalue weighted by Crippen LogP contribution is -2.41. The standard InChI is InChI=1S/C26H25N5OS/c1-3-18-11-15-21(16-12-18)27-25(32)23-22(19-13-9-17(2)10-14-19)30-31-24(28-29-26(31)33-23)20-7-5-4-6-8-20/h4-16,22-23,30H,3H2,1-2H3,(H,27,32)/t22-,23+/m0/s1. The van der Waals surface area contributed by atoms with Gasteiger partial charge in [-0.2, -0.15) is 0 Å². The summed E-state index contributed by atoms with van der Waals surface area (Å²) in [6.07, 6.45) is 0.964. The van der Waals surface area contributed by atoms with Gasteiger partial charge in [-0.1, -0.05) is 91.0 Å². The van der Waals surface area contributed by atoms with Crippen LogP contribution in [-0.2, 0) is 11.2 Å². The Hall–Kier alpha value is -3.58. The maximum absolute atomic E-state index is 13.4. The van der Waals surface area contributed by atoms with E-state index in [4.69, 9.17) is 0 Å². The van der Waals surface area contributed by atoms with Crippen LogP contribution in [0.1, 0.15) is 29.7 Å². The summed E-state index contributed by atoms with van der Waals surface area (Å²) >= 11 is 1.43. The molecule has 5 rings (SSSR count). The monoisotopic (exact) mass is 455 g/mol. The number of amides is 1. The second kappa shape index (κ2) is 9.11. The van der Waals surface area contributed by atoms with Crippen LogP contribution in [0.2, 0.25) is 0 Å². The molecule has 0 bridgehead atoms. The first-order valence-corrected chi connectivity index (χ1v) is 11.9. The van der Waals surface area contributed by atoms with Gasteiger partial charge in [-0.05, 0) is 36.6 Å². The van der Waals surface area contributed by atoms with Crippen LogP contribution >= 0.6 is 11.8 Å². The van der Waals surface area contributed by atoms with Crippen LogP contribution in [0.3, 0.4) is 0 Å². The molecule has 33 heavy (non-hydrogen) atoms. The highest BCUT2D eigenvalue weighted by Crippen LogP contribution is 2.39. The maximum Gasteiger partial charge on any atom is 0.240 e. The number of hydrogen-bond acceptors (Lipinski definition) is 5. The highest BCUT2D eigenvalue weighted by molar-refractivity contribution is 8.00. The van der Waals surface area contributed by atoms with Crippen molar-refractivity contribution in [1.29, 1.82) is 0 Å². The number of carbonyl (C=O) groups is 1. The first kappa shape index (κ1) is 21.3. The van der Waals surface area contributed by atoms with Gasteiger partial charge in [-0.25, -0.2) is 4.68 Å². The van der Waals surface area contributed by atoms with Gasteiger partial charge in [0, 0.05) is 11.3 Å². The summed E-state index contributed by atoms with van der Waals surface area (Å²) in [6, 6.07) is 26.0. The average molecular weight is 456 g/mol. The highest BCUT2D eigenvalue weighted by Gasteiger charge is 2.38. The Labute approximate surface area is 197 Å². The fourth-order valence-electron chi connectivity index (χ4n) is 3.89. The average Bonchev–Trinajstić information content (AvgIpc) is 3.28. The molecule has 1 aliphatic rings. The molecule has 7 heteroatoms. The first-order chi connectivity index (χ1) is 16.1. The Bertz CT molecular complexity index is 1250. The number of thioether (sulfide) groups is 1. The Kier molecular flexibility index (Phi) is 5.88. The Morgan fingerprint density at radius 2 is 1.73 bits per heavy atom. The van der Waals surface area contributed by atoms with Crippen LogP contribution in [0.15, 0.2) is 84.0 Å². The number of nitrogens with one attached hydrogen (secondary N) is 2. The summed E-state index contributed by atoms with van der Waals surface area (Å²) in [4.78, 5) is 13.4. The highest BCUT2D eigenvalue weighted by atomic mass is 32.2. The van der Waals surface area contributed by atoms with Gasteiger partial charge in [-0.15, -0.1) is 10.2 Å². The third kappa shape index (κ3) is 4.36. The minimum absolute atomic E-state index is 0.0714. The summed E-state index contributed by atoms with van der Waals surface area (Å²) in [6.45, 7) is 4.17. The maximum atomic E-state index is 13.4. The van der Waals surface area contributed by atoms with Gasteiger partial charge in [-0.3, -0.25) is 4.79 Å². The number of fused-ring (bicyclic) bond motifs is 1. The first-order valence-electron chi connectivity index (χ1n) is 11.0. The van der Waals surface area contributed by atoms with E-state index in [-0.39, 0.29) is 11.9 Å². The SMILES string of the molecule is CCc1ccc(NC(=O)[C@@H]2Sc3nnc(-c4ccccc4)n3N[C@H]2c2ccc(C)cc2)cc1. The van der Waals surface area contributed by atoms with E-state index in [9.17, 15) is 4.79 Å². The zero-order chi connectivity index (χ0) is 22.8. The van der Waals surface area contributed by atoms with Crippen molar-refractivity contribution in [2.75, 3.05) is 10.7 Å². The van der Waals surface area contributed by atoms with Crippen molar-refractivity contribution in [2.24, 2.45) is 0 Å². The topological polar surface area (TPSA) is 71.8 Å². The van der Waals surface area contributed by atoms with Gasteiger partial charge < -0.3 is 10.7 Å². The van der Waals surface area contributed by atoms with Crippen LogP contribution in [-0.4, -0.2) is 26.0 Å². The lowest BCUT2D eigenvalue weighted by atomic mass is 10.0. The normalized spacial score (nSPS) is 17.2. The van der Waals surface area contributed by atoms with E-state index in [2.05, 4.69) is 59.1 Å². The third-order valence-electron chi connectivity index (χ3n) is 5.79. The quantitative estimate of drug-likeness (QED) is 0.432. The number of carbonyl (C=O) groups excluding carboxylic acids is 1. The molecular formula is C26H25N5OS. The van der Waals surface area contributed by atoms with E-state index in [1.807, 2.05) is 59.3 Å². The number of nitrogens with zero attached hydrogens (tertiary/aromatic N) is 3. The van der Waals surface area contributed by atoms with Crippen LogP contribution in [0.5, 0.6) is 0 Å². The lowest BCUT2D eigenvalue weighted by molar-refractivity contribution is -0.116. The van der Waals surface area contributed by atoms with Gasteiger partial charge in [0.2, 0.25) is 11.1 Å². The molecule has 1 aliphatic heterocycles. The van der Waals surface area contributed by atoms with E-state index >= 15 is 0 Å². The van der Waals surface area contributed by atoms with Crippen molar-refractivity contribution < 1.29 is 4.79 Å². The zero-order valence-electron chi connectivity index (χ0n) is 18.5. The van der Waals surface area contributed by atoms with E-state index in [0.717, 1.165) is 29.1 Å². The second-order valence-electron chi connectivity index (χ2n) is 8.10. The van der Waals surface area contributed by atoms with Gasteiger partial charge in [0.15, 0.2) is 5.82 Å². The predicted octanol–water partition coefficient (Wildman–Crippen LogP) is 5.21. The van der Waals surface area contributed by atoms with Gasteiger partial charge in [0.05, 0.1) is 6.04 Å². The van der Waals surface area contributed by atoms with Crippen LogP contribution in [0.25, 0.3) is 11.4 Å². The molecule has 4 aromatic rings. The number of benzene rings is 3. The van der Waals surface area contributed by atoms with Crippen molar-refractivity contribution in [2.45, 2.75) is 36.7 Å². The third-order valence-corrected chi connectivity index (χ3v) is 7.01. The molecule has 2 N–H and O–H groups in total. The molecule has 0 saturated carbocycles. The Balaban J connectivity index is 1.48. The number of aromatic nitrogens is 3. The molecule has 0 saturated heterocycles. The van der Waals surface area contributed by atoms with Crippen LogP contribution in [0.4, 0.5) is 5.69 Å². The minimum Gasteiger partial charge on any atom is -0.325 e. The van der Waals surface area contributed by atoms with Crippen molar-refractivity contribution in [3.05, 3.63) is 95.6 Å². The molecule has 3 aromatic carbocycles. The van der Waals surface area contributed by atoms with Crippen molar-refractivity contribution in [3.63, 3.8) is 0 Å². The Morgan fingerprint density at radius 3 is 2.42 bits per heavy atom. The van der Waals surface area contributed by atoms with Crippen LogP contribution < -0.4 is 10.7 Å². The van der Waals surface area contributed by atoms with Crippen LogP contribution in [0, 0.1) is 6.92 Å². The summed E-state index contributed by atoms with van der Waals surface area (Å²) in [7, 11) is 0. The molecule has 0 aliphatic carbocycles. The molecular weight excluding hydrogens is 430 g/mol. The predicted molar refractivity (Wildman–Crippen MR) is 133 cm³/mol. The summed E-state index contributed by atoms with van der Waals surface area (Å²) < 4.78 is 1.89. The minimum atomic E-state index is -0.418. The molecule has 2 atom stereocenters. The summed E-state index contributed by atoms with van der Waals surface area (Å²) in [5.41, 5.74) is 8.73. The van der Waals surface area contributed by atoms with E-state index in [0.29, 0.717) is 5.16 Å². The fraction of sp³-hybridized carbons (Fsp3) is 0.192. The smallest absolute Gasteiger partial charge is 0.240 e. The fourth-order valence-corrected chi connectivity index (χ4v) is 4.97. The van der Waals surface area contributed by atoms with Gasteiger partial charge >= 0.3 is 0 Å². The molecule has 2 heterocycles. The largest absolute Gasteiger partial charge is 0.325 e. The molecule has 0 spiro atoms. The molecule has 0 fully saturated rings. The zero-order valence-corrected chi connectivity index (χ0v) is 19.3. The molecule has 1 aromatic heterocycles. The molecule has 6 nitrogen and oxygen atoms in total. The van der Waals surface area contributed by atoms with Crippen molar-refractivity contribution in [3.8, 4) is 11.4 Å². The lowest BCUT2D eigenvalue weighted by Gasteiger charge is -2.33. The van der Waals surface area contributed by atoms with E-state index in [1.54, 1.807) is 0 Å². The second-order valence-corrected chi connectivity index (χ2v) is 9.21. The molecule has 0 radical (unpaired) electrons. The Morgan fingerprint density at radius 1 is 1.00 bits per heavy atom. The molecule has 166 valence electrons. The van der Waals surface area contributed by atoms with Crippen molar-refractivity contribution in [1.82, 2.24) is 14.9 Å². The molecule has 0 unspecified atom stereocenters. The number of anilines is 1. The number of aryl methyl sites for hydroxylation is 2. The summed E-state index contributed by atoms with van der Waals surface area (Å²) in [5, 5.41) is 12.1. The summed E-state index contributed by atoms with van der Waals surface area (Å²) in [5.74, 6) is 0.655. The number of hydrogen-bond donors (Lipinski definition) is 2. The molecule has 1 amide bonds. The van der Waals surface area contributed by atoms with Gasteiger partial charge in [0.25, 0.3) is 0 Å².